The van der Waals surface area contributed by atoms with Gasteiger partial charge < -0.3 is 25.3 Å². The molecule has 11 heteroatoms. The van der Waals surface area contributed by atoms with Gasteiger partial charge in [0, 0.05) is 30.4 Å². The molecule has 0 aliphatic carbocycles. The molecule has 0 atom stereocenters. The number of pyridine rings is 1. The summed E-state index contributed by atoms with van der Waals surface area (Å²) in [6, 6.07) is 16.5. The molecule has 3 N–H and O–H groups in total. The number of aromatic nitrogens is 2. The van der Waals surface area contributed by atoms with Crippen LogP contribution in [0.1, 0.15) is 21.5 Å². The number of carbonyl (C=O) groups is 2. The Kier molecular flexibility index (Phi) is 8.70. The maximum absolute atomic E-state index is 14.7. The third-order valence-corrected chi connectivity index (χ3v) is 8.54. The summed E-state index contributed by atoms with van der Waals surface area (Å²) in [5.74, 6) is -0.223. The number of alkyl carbamates (subject to hydrolysis) is 1. The van der Waals surface area contributed by atoms with Crippen LogP contribution in [0.25, 0.3) is 22.2 Å². The molecule has 8 nitrogen and oxygen atoms in total. The zero-order valence-corrected chi connectivity index (χ0v) is 23.0. The first kappa shape index (κ1) is 27.0. The quantitative estimate of drug-likeness (QED) is 0.185. The first-order valence-corrected chi connectivity index (χ1v) is 14.8. The second kappa shape index (κ2) is 12.5. The molecule has 3 heterocycles. The zero-order chi connectivity index (χ0) is 27.2. The van der Waals surface area contributed by atoms with Crippen molar-refractivity contribution in [2.24, 2.45) is 0 Å². The molecule has 4 aromatic rings. The van der Waals surface area contributed by atoms with E-state index in [1.807, 2.05) is 54.1 Å². The first-order chi connectivity index (χ1) is 19.0. The average Bonchev–Trinajstić information content (AvgIpc) is 3.15. The van der Waals surface area contributed by atoms with Gasteiger partial charge in [-0.25, -0.2) is 14.2 Å². The topological polar surface area (TPSA) is 97.3 Å². The molecule has 0 fully saturated rings. The van der Waals surface area contributed by atoms with Crippen LogP contribution in [-0.2, 0) is 24.4 Å². The standard InChI is InChI=1S/C28H28FN5O3S2/c1-30-16-18-5-7-19(8-6-18)26-21-9-11-32-27(35)22-14-20(29)15-23(25(21)22)34(26)17-33-28(36)37-12-13-38-39-24-4-2-3-10-31-24/h2-8,10,14-15,30H,9,11-13,16-17H2,1H3,(H,32,35)(H,33,36). The van der Waals surface area contributed by atoms with Crippen LogP contribution in [-0.4, -0.2) is 47.5 Å². The minimum atomic E-state index is -0.571. The SMILES string of the molecule is CNCc1ccc(-c2c3c4c(cc(F)cc4n2CNC(=O)OCCSSc2ccccn2)C(=O)NCC3)cc1. The van der Waals surface area contributed by atoms with E-state index in [-0.39, 0.29) is 19.2 Å². The number of amides is 2. The number of nitrogens with zero attached hydrogens (tertiary/aromatic N) is 2. The number of halogens is 1. The summed E-state index contributed by atoms with van der Waals surface area (Å²) in [5.41, 5.74) is 4.67. The molecule has 0 radical (unpaired) electrons. The van der Waals surface area contributed by atoms with Gasteiger partial charge in [-0.3, -0.25) is 4.79 Å². The zero-order valence-electron chi connectivity index (χ0n) is 21.3. The Morgan fingerprint density at radius 3 is 2.82 bits per heavy atom. The monoisotopic (exact) mass is 565 g/mol. The summed E-state index contributed by atoms with van der Waals surface area (Å²) in [4.78, 5) is 29.6. The third kappa shape index (κ3) is 6.21. The van der Waals surface area contributed by atoms with E-state index in [1.165, 1.54) is 22.9 Å². The van der Waals surface area contributed by atoms with Crippen LogP contribution in [0, 0.1) is 5.82 Å². The highest BCUT2D eigenvalue weighted by molar-refractivity contribution is 8.76. The molecule has 39 heavy (non-hydrogen) atoms. The van der Waals surface area contributed by atoms with Gasteiger partial charge in [0.05, 0.1) is 23.4 Å². The fraction of sp³-hybridized carbons (Fsp3) is 0.250. The summed E-state index contributed by atoms with van der Waals surface area (Å²) in [5, 5.41) is 10.4. The van der Waals surface area contributed by atoms with Crippen LogP contribution in [0.4, 0.5) is 9.18 Å². The highest BCUT2D eigenvalue weighted by Crippen LogP contribution is 2.37. The van der Waals surface area contributed by atoms with Gasteiger partial charge in [0.15, 0.2) is 0 Å². The van der Waals surface area contributed by atoms with Crippen molar-refractivity contribution >= 4 is 44.5 Å². The molecule has 5 rings (SSSR count). The predicted molar refractivity (Wildman–Crippen MR) is 153 cm³/mol. The molecule has 0 unspecified atom stereocenters. The smallest absolute Gasteiger partial charge is 0.408 e. The Morgan fingerprint density at radius 2 is 2.05 bits per heavy atom. The summed E-state index contributed by atoms with van der Waals surface area (Å²) >= 11 is 0. The lowest BCUT2D eigenvalue weighted by Gasteiger charge is -2.15. The van der Waals surface area contributed by atoms with Crippen molar-refractivity contribution in [3.63, 3.8) is 0 Å². The van der Waals surface area contributed by atoms with Gasteiger partial charge in [-0.1, -0.05) is 41.1 Å². The molecule has 0 saturated heterocycles. The maximum atomic E-state index is 14.7. The molecule has 1 aliphatic rings. The molecular formula is C28H28FN5O3S2. The van der Waals surface area contributed by atoms with Gasteiger partial charge >= 0.3 is 6.09 Å². The number of hydrogen-bond acceptors (Lipinski definition) is 7. The van der Waals surface area contributed by atoms with Crippen molar-refractivity contribution in [1.82, 2.24) is 25.5 Å². The van der Waals surface area contributed by atoms with Crippen LogP contribution in [0.15, 0.2) is 65.8 Å². The fourth-order valence-electron chi connectivity index (χ4n) is 4.68. The van der Waals surface area contributed by atoms with Crippen LogP contribution in [0.3, 0.4) is 0 Å². The van der Waals surface area contributed by atoms with Gasteiger partial charge in [-0.05, 0) is 65.2 Å². The Hall–Kier alpha value is -3.54. The summed E-state index contributed by atoms with van der Waals surface area (Å²) in [7, 11) is 4.96. The van der Waals surface area contributed by atoms with Gasteiger partial charge in [-0.15, -0.1) is 0 Å². The summed E-state index contributed by atoms with van der Waals surface area (Å²) < 4.78 is 21.9. The lowest BCUT2D eigenvalue weighted by atomic mass is 9.99. The summed E-state index contributed by atoms with van der Waals surface area (Å²) in [6.07, 6.45) is 1.74. The second-order valence-electron chi connectivity index (χ2n) is 8.88. The summed E-state index contributed by atoms with van der Waals surface area (Å²) in [6.45, 7) is 1.45. The molecule has 2 aromatic carbocycles. The Morgan fingerprint density at radius 1 is 1.21 bits per heavy atom. The molecular weight excluding hydrogens is 537 g/mol. The van der Waals surface area contributed by atoms with E-state index in [2.05, 4.69) is 20.9 Å². The van der Waals surface area contributed by atoms with Gasteiger partial charge in [0.1, 0.15) is 17.5 Å². The molecule has 2 aromatic heterocycles. The van der Waals surface area contributed by atoms with Crippen molar-refractivity contribution in [2.45, 2.75) is 24.7 Å². The number of rotatable bonds is 10. The van der Waals surface area contributed by atoms with E-state index in [1.54, 1.807) is 17.0 Å². The highest BCUT2D eigenvalue weighted by Gasteiger charge is 2.26. The van der Waals surface area contributed by atoms with E-state index < -0.39 is 11.9 Å². The van der Waals surface area contributed by atoms with Crippen LogP contribution in [0.2, 0.25) is 0 Å². The number of ether oxygens (including phenoxy) is 1. The highest BCUT2D eigenvalue weighted by atomic mass is 33.1. The van der Waals surface area contributed by atoms with Gasteiger partial charge in [0.2, 0.25) is 0 Å². The van der Waals surface area contributed by atoms with Crippen LogP contribution in [0.5, 0.6) is 0 Å². The third-order valence-electron chi connectivity index (χ3n) is 6.31. The minimum Gasteiger partial charge on any atom is -0.449 e. The normalized spacial score (nSPS) is 12.7. The number of benzene rings is 2. The molecule has 0 bridgehead atoms. The van der Waals surface area contributed by atoms with Crippen molar-refractivity contribution in [1.29, 1.82) is 0 Å². The van der Waals surface area contributed by atoms with Gasteiger partial charge in [-0.2, -0.15) is 0 Å². The largest absolute Gasteiger partial charge is 0.449 e. The van der Waals surface area contributed by atoms with Crippen LogP contribution < -0.4 is 16.0 Å². The predicted octanol–water partition coefficient (Wildman–Crippen LogP) is 4.97. The fourth-order valence-corrected chi connectivity index (χ4v) is 6.39. The minimum absolute atomic E-state index is 0.0588. The number of nitrogens with one attached hydrogen (secondary N) is 3. The van der Waals surface area contributed by atoms with E-state index in [0.717, 1.165) is 34.0 Å². The van der Waals surface area contributed by atoms with E-state index in [0.29, 0.717) is 35.2 Å². The maximum Gasteiger partial charge on any atom is 0.408 e. The number of carbonyl (C=O) groups excluding carboxylic acids is 2. The van der Waals surface area contributed by atoms with Crippen molar-refractivity contribution < 1.29 is 18.7 Å². The Labute approximate surface area is 233 Å². The van der Waals surface area contributed by atoms with Gasteiger partial charge in [0.25, 0.3) is 5.91 Å². The molecule has 202 valence electrons. The van der Waals surface area contributed by atoms with E-state index in [9.17, 15) is 14.0 Å². The van der Waals surface area contributed by atoms with Crippen LogP contribution >= 0.6 is 21.6 Å². The number of hydrogen-bond donors (Lipinski definition) is 3. The average molecular weight is 566 g/mol. The second-order valence-corrected chi connectivity index (χ2v) is 11.3. The lowest BCUT2D eigenvalue weighted by molar-refractivity contribution is 0.0956. The first-order valence-electron chi connectivity index (χ1n) is 12.5. The molecule has 0 saturated carbocycles. The van der Waals surface area contributed by atoms with Crippen molar-refractivity contribution in [3.05, 3.63) is 83.3 Å². The molecule has 0 spiro atoms. The van der Waals surface area contributed by atoms with E-state index >= 15 is 0 Å². The Balaban J connectivity index is 1.37. The lowest BCUT2D eigenvalue weighted by Crippen LogP contribution is -2.28. The van der Waals surface area contributed by atoms with E-state index in [4.69, 9.17) is 4.74 Å². The van der Waals surface area contributed by atoms with Crippen molar-refractivity contribution in [2.75, 3.05) is 26.0 Å². The molecule has 2 amide bonds. The molecule has 1 aliphatic heterocycles. The Bertz CT molecular complexity index is 1480. The van der Waals surface area contributed by atoms with Crippen molar-refractivity contribution in [3.8, 4) is 11.3 Å².